The maximum absolute atomic E-state index is 15.8. The van der Waals surface area contributed by atoms with Crippen LogP contribution < -0.4 is 13.9 Å². The Hall–Kier alpha value is -7.56. The van der Waals surface area contributed by atoms with E-state index in [1.54, 1.807) is 0 Å². The fourth-order valence-corrected chi connectivity index (χ4v) is 13.9. The summed E-state index contributed by atoms with van der Waals surface area (Å²) in [6, 6.07) is 63.9. The van der Waals surface area contributed by atoms with Crippen molar-refractivity contribution in [3.63, 3.8) is 0 Å². The van der Waals surface area contributed by atoms with Gasteiger partial charge in [0, 0.05) is 41.4 Å². The summed E-state index contributed by atoms with van der Waals surface area (Å²) in [6.45, 7) is 22.2. The predicted molar refractivity (Wildman–Crippen MR) is 357 cm³/mol. The molecular formula is C80H80F2N4OPt+2. The fourth-order valence-electron chi connectivity index (χ4n) is 13.9. The summed E-state index contributed by atoms with van der Waals surface area (Å²) in [4.78, 5) is 4.99. The molecule has 2 saturated carbocycles. The number of pyridine rings is 1. The van der Waals surface area contributed by atoms with Crippen molar-refractivity contribution in [2.24, 2.45) is 0 Å². The van der Waals surface area contributed by atoms with Gasteiger partial charge >= 0.3 is 27.1 Å². The number of halogens is 2. The van der Waals surface area contributed by atoms with Gasteiger partial charge in [-0.1, -0.05) is 197 Å². The van der Waals surface area contributed by atoms with Gasteiger partial charge in [-0.3, -0.25) is 0 Å². The quantitative estimate of drug-likeness (QED) is 0.0902. The van der Waals surface area contributed by atoms with E-state index in [1.165, 1.54) is 84.0 Å². The van der Waals surface area contributed by atoms with Crippen LogP contribution in [0.3, 0.4) is 0 Å². The van der Waals surface area contributed by atoms with Crippen molar-refractivity contribution in [2.45, 2.75) is 168 Å². The zero-order chi connectivity index (χ0) is 60.5. The summed E-state index contributed by atoms with van der Waals surface area (Å²) in [7, 11) is 0. The Morgan fingerprint density at radius 2 is 1.12 bits per heavy atom. The van der Waals surface area contributed by atoms with E-state index in [1.807, 2.05) is 12.3 Å². The molecule has 1 aliphatic heterocycles. The standard InChI is InChI=1S/C80H80F2N4O.Pt/c1-50(2)54-36-55(51(3)4)38-56(37-54)70-43-60(80(8,9)10)44-71(57-39-61(81)46-62(82)40-57)78(70)85-49-84(73-30-19-20-31-74(73)85)63-41-58(77-66(52-22-13-11-14-23-52)27-21-28-67(77)53-24-15-12-16-25-53)42-65(47-63)87-64-32-33-69-68-26-17-18-29-72(68)86(75(69)48-64)76-45-59(34-35-83-76)79(5,6)7;/h17-21,26-46,50-53H,11-16,22-25H2,1-10H3;/q;+2. The molecule has 2 aromatic heterocycles. The molecule has 0 bridgehead atoms. The summed E-state index contributed by atoms with van der Waals surface area (Å²) >= 11 is 0. The van der Waals surface area contributed by atoms with Gasteiger partial charge in [-0.25, -0.2) is 13.8 Å². The van der Waals surface area contributed by atoms with Crippen LogP contribution in [0.2, 0.25) is 0 Å². The van der Waals surface area contributed by atoms with E-state index in [0.717, 1.165) is 104 Å². The second-order valence-electron chi connectivity index (χ2n) is 27.6. The minimum absolute atomic E-state index is 0. The molecule has 0 N–H and O–H groups in total. The van der Waals surface area contributed by atoms with E-state index in [4.69, 9.17) is 9.72 Å². The zero-order valence-corrected chi connectivity index (χ0v) is 54.9. The number of hydrogen-bond acceptors (Lipinski definition) is 2. The van der Waals surface area contributed by atoms with Crippen LogP contribution in [0.15, 0.2) is 158 Å². The van der Waals surface area contributed by atoms with Gasteiger partial charge in [0.1, 0.15) is 23.1 Å². The molecule has 5 nitrogen and oxygen atoms in total. The van der Waals surface area contributed by atoms with Gasteiger partial charge in [-0.15, -0.1) is 29.1 Å². The van der Waals surface area contributed by atoms with Gasteiger partial charge in [0.2, 0.25) is 5.69 Å². The first-order valence-electron chi connectivity index (χ1n) is 31.9. The average Bonchev–Trinajstić information content (AvgIpc) is 3.47. The molecule has 0 saturated heterocycles. The molecule has 10 aromatic rings. The van der Waals surface area contributed by atoms with Crippen LogP contribution in [0.1, 0.15) is 190 Å². The van der Waals surface area contributed by atoms with E-state index < -0.39 is 11.6 Å². The van der Waals surface area contributed by atoms with Crippen LogP contribution >= 0.6 is 0 Å². The van der Waals surface area contributed by atoms with E-state index in [0.29, 0.717) is 34.5 Å². The molecule has 0 amide bonds. The van der Waals surface area contributed by atoms with Crippen LogP contribution in [0.4, 0.5) is 31.5 Å². The molecule has 8 heteroatoms. The molecular weight excluding hydrogens is 1270 g/mol. The number of nitrogens with zero attached hydrogens (tertiary/aromatic N) is 4. The molecule has 0 radical (unpaired) electrons. The van der Waals surface area contributed by atoms with Crippen molar-refractivity contribution in [3.05, 3.63) is 215 Å². The van der Waals surface area contributed by atoms with E-state index >= 15 is 8.78 Å². The van der Waals surface area contributed by atoms with Gasteiger partial charge in [0.25, 0.3) is 11.4 Å². The second kappa shape index (κ2) is 24.4. The molecule has 0 spiro atoms. The summed E-state index contributed by atoms with van der Waals surface area (Å²) in [5.41, 5.74) is 17.8. The largest absolute Gasteiger partial charge is 2.00 e. The predicted octanol–water partition coefficient (Wildman–Crippen LogP) is 22.6. The Bertz CT molecular complexity index is 4300. The third-order valence-electron chi connectivity index (χ3n) is 18.8. The van der Waals surface area contributed by atoms with E-state index in [9.17, 15) is 0 Å². The van der Waals surface area contributed by atoms with E-state index in [2.05, 4.69) is 228 Å². The van der Waals surface area contributed by atoms with E-state index in [-0.39, 0.29) is 43.7 Å². The fraction of sp³-hybridized carbons (Fsp3) is 0.325. The molecule has 3 aliphatic rings. The number of hydrogen-bond donors (Lipinski definition) is 0. The van der Waals surface area contributed by atoms with Crippen molar-refractivity contribution in [1.82, 2.24) is 18.7 Å². The van der Waals surface area contributed by atoms with Crippen LogP contribution in [0, 0.1) is 23.8 Å². The number of benzene rings is 8. The number of fused-ring (bicyclic) bond motifs is 4. The van der Waals surface area contributed by atoms with Crippen LogP contribution in [0.5, 0.6) is 11.5 Å². The Labute approximate surface area is 534 Å². The number of ether oxygens (including phenoxy) is 1. The minimum atomic E-state index is -0.636. The Kier molecular flexibility index (Phi) is 16.9. The molecule has 88 heavy (non-hydrogen) atoms. The van der Waals surface area contributed by atoms with Gasteiger partial charge < -0.3 is 9.30 Å². The third kappa shape index (κ3) is 11.8. The van der Waals surface area contributed by atoms with Crippen LogP contribution in [0.25, 0.3) is 61.0 Å². The minimum Gasteiger partial charge on any atom is -0.509 e. The van der Waals surface area contributed by atoms with Gasteiger partial charge in [0.05, 0.1) is 11.1 Å². The molecule has 13 rings (SSSR count). The molecule has 8 aromatic carbocycles. The SMILES string of the molecule is CC(C)c1cc(-c2cc(C(C)(C)C)cc(-c3cc(F)cc(F)c3)c2[N+]2=C=[N+](c3[c-]c(Oc4[c-]c5c(cc4)c4ccccc4n5-c4cc(C(C)(C)C)ccn4)cc(-c4c(C5CCCCC5)cccc4C4CCCCC4)c3)c3ccccc32)cc(C(C)C)c1.[Pt+2]. The molecule has 0 unspecified atom stereocenters. The molecule has 2 aliphatic carbocycles. The van der Waals surface area contributed by atoms with Crippen molar-refractivity contribution in [1.29, 1.82) is 0 Å². The number of para-hydroxylation sites is 3. The summed E-state index contributed by atoms with van der Waals surface area (Å²) in [5.74, 6) is 2.04. The molecule has 3 heterocycles. The maximum atomic E-state index is 15.8. The first kappa shape index (κ1) is 60.7. The van der Waals surface area contributed by atoms with Crippen molar-refractivity contribution >= 4 is 50.6 Å². The Morgan fingerprint density at radius 3 is 1.73 bits per heavy atom. The Balaban J connectivity index is 0.00000754. The summed E-state index contributed by atoms with van der Waals surface area (Å²) in [6.07, 6.45) is 14.0. The summed E-state index contributed by atoms with van der Waals surface area (Å²) in [5, 5.41) is 2.17. The third-order valence-corrected chi connectivity index (χ3v) is 18.8. The first-order chi connectivity index (χ1) is 41.8. The molecule has 2 fully saturated rings. The van der Waals surface area contributed by atoms with Crippen molar-refractivity contribution in [3.8, 4) is 50.7 Å². The van der Waals surface area contributed by atoms with Gasteiger partial charge in [0.15, 0.2) is 0 Å². The first-order valence-corrected chi connectivity index (χ1v) is 31.9. The average molecular weight is 1350 g/mol. The van der Waals surface area contributed by atoms with Crippen molar-refractivity contribution < 1.29 is 34.6 Å². The monoisotopic (exact) mass is 1350 g/mol. The maximum Gasteiger partial charge on any atom is 2.00 e. The smallest absolute Gasteiger partial charge is 0.509 e. The second-order valence-corrected chi connectivity index (χ2v) is 27.6. The molecule has 0 atom stereocenters. The van der Waals surface area contributed by atoms with Gasteiger partial charge in [-0.2, -0.15) is 6.07 Å². The Morgan fingerprint density at radius 1 is 0.545 bits per heavy atom. The number of rotatable bonds is 12. The topological polar surface area (TPSA) is 33.1 Å². The summed E-state index contributed by atoms with van der Waals surface area (Å²) < 4.78 is 45.4. The molecule has 448 valence electrons. The number of aromatic nitrogens is 2. The zero-order valence-electron chi connectivity index (χ0n) is 52.7. The normalized spacial score (nSPS) is 15.0. The van der Waals surface area contributed by atoms with Crippen LogP contribution in [-0.2, 0) is 31.9 Å². The van der Waals surface area contributed by atoms with Crippen molar-refractivity contribution in [2.75, 3.05) is 0 Å². The van der Waals surface area contributed by atoms with Gasteiger partial charge in [-0.05, 0) is 163 Å². The van der Waals surface area contributed by atoms with Crippen LogP contribution in [-0.4, -0.2) is 15.6 Å².